The highest BCUT2D eigenvalue weighted by Crippen LogP contribution is 2.34. The fourth-order valence-corrected chi connectivity index (χ4v) is 5.55. The van der Waals surface area contributed by atoms with E-state index in [4.69, 9.17) is 9.47 Å². The number of thiophene rings is 2. The number of hydrogen-bond acceptors (Lipinski definition) is 6. The molecule has 1 atom stereocenters. The van der Waals surface area contributed by atoms with Crippen molar-refractivity contribution in [3.63, 3.8) is 0 Å². The number of rotatable bonds is 9. The normalized spacial score (nSPS) is 14.9. The summed E-state index contributed by atoms with van der Waals surface area (Å²) in [6, 6.07) is 12.9. The molecule has 1 aliphatic heterocycles. The highest BCUT2D eigenvalue weighted by molar-refractivity contribution is 7.12. The summed E-state index contributed by atoms with van der Waals surface area (Å²) in [4.78, 5) is 31.6. The van der Waals surface area contributed by atoms with Gasteiger partial charge in [-0.3, -0.25) is 9.59 Å². The molecule has 0 fully saturated rings. The Morgan fingerprint density at radius 1 is 1.18 bits per heavy atom. The average molecular weight is 483 g/mol. The van der Waals surface area contributed by atoms with E-state index in [1.54, 1.807) is 35.5 Å². The number of benzene rings is 1. The van der Waals surface area contributed by atoms with Crippen molar-refractivity contribution in [2.45, 2.75) is 12.5 Å². The van der Waals surface area contributed by atoms with Gasteiger partial charge in [-0.25, -0.2) is 0 Å². The Bertz CT molecular complexity index is 1110. The predicted octanol–water partition coefficient (Wildman–Crippen LogP) is 4.65. The van der Waals surface area contributed by atoms with E-state index in [0.717, 1.165) is 12.0 Å². The maximum absolute atomic E-state index is 13.4. The zero-order valence-corrected chi connectivity index (χ0v) is 20.1. The van der Waals surface area contributed by atoms with Crippen LogP contribution in [0.5, 0.6) is 11.5 Å². The smallest absolute Gasteiger partial charge is 0.264 e. The number of carbonyl (C=O) groups is 2. The van der Waals surface area contributed by atoms with Crippen LogP contribution < -0.4 is 9.47 Å². The fraction of sp³-hybridized carbons (Fsp3) is 0.280. The molecule has 2 aromatic heterocycles. The van der Waals surface area contributed by atoms with E-state index in [2.05, 4.69) is 18.0 Å². The van der Waals surface area contributed by atoms with E-state index in [-0.39, 0.29) is 24.4 Å². The second kappa shape index (κ2) is 10.7. The Morgan fingerprint density at radius 3 is 2.79 bits per heavy atom. The maximum Gasteiger partial charge on any atom is 0.264 e. The molecule has 1 aromatic carbocycles. The van der Waals surface area contributed by atoms with Gasteiger partial charge in [0.15, 0.2) is 0 Å². The SMILES string of the molecule is C=CCN(CC(=O)N1CCc2sccc2[C@@H]1COc1cccc(OC)c1)C(=O)c1cccs1. The third kappa shape index (κ3) is 5.29. The van der Waals surface area contributed by atoms with Gasteiger partial charge in [-0.1, -0.05) is 18.2 Å². The lowest BCUT2D eigenvalue weighted by molar-refractivity contribution is -0.135. The quantitative estimate of drug-likeness (QED) is 0.417. The molecule has 172 valence electrons. The molecule has 6 nitrogen and oxygen atoms in total. The van der Waals surface area contributed by atoms with Gasteiger partial charge in [0.05, 0.1) is 18.0 Å². The highest BCUT2D eigenvalue weighted by Gasteiger charge is 2.33. The fourth-order valence-electron chi connectivity index (χ4n) is 3.93. The lowest BCUT2D eigenvalue weighted by Crippen LogP contribution is -2.47. The van der Waals surface area contributed by atoms with Gasteiger partial charge in [0.25, 0.3) is 5.91 Å². The van der Waals surface area contributed by atoms with Crippen molar-refractivity contribution in [3.8, 4) is 11.5 Å². The van der Waals surface area contributed by atoms with Crippen molar-refractivity contribution in [1.29, 1.82) is 0 Å². The van der Waals surface area contributed by atoms with Gasteiger partial charge in [0, 0.05) is 24.0 Å². The molecule has 0 spiro atoms. The standard InChI is InChI=1S/C25H26N2O4S2/c1-3-11-26(25(29)23-8-5-13-32-23)16-24(28)27-12-9-22-20(10-14-33-22)21(27)17-31-19-7-4-6-18(15-19)30-2/h3-8,10,13-15,21H,1,9,11-12,16-17H2,2H3/t21-/m0/s1. The van der Waals surface area contributed by atoms with Crippen molar-refractivity contribution < 1.29 is 19.1 Å². The zero-order valence-electron chi connectivity index (χ0n) is 18.4. The summed E-state index contributed by atoms with van der Waals surface area (Å²) in [7, 11) is 1.62. The number of hydrogen-bond donors (Lipinski definition) is 0. The van der Waals surface area contributed by atoms with E-state index in [9.17, 15) is 9.59 Å². The summed E-state index contributed by atoms with van der Waals surface area (Å²) in [6.45, 7) is 4.98. The Balaban J connectivity index is 1.51. The van der Waals surface area contributed by atoms with Gasteiger partial charge in [-0.2, -0.15) is 0 Å². The van der Waals surface area contributed by atoms with Crippen LogP contribution in [0.15, 0.2) is 65.9 Å². The number of nitrogens with zero attached hydrogens (tertiary/aromatic N) is 2. The first-order valence-corrected chi connectivity index (χ1v) is 12.4. The van der Waals surface area contributed by atoms with Crippen LogP contribution in [0.1, 0.15) is 26.2 Å². The van der Waals surface area contributed by atoms with Crippen LogP contribution in [0.25, 0.3) is 0 Å². The van der Waals surface area contributed by atoms with Gasteiger partial charge >= 0.3 is 0 Å². The molecule has 8 heteroatoms. The molecular weight excluding hydrogens is 456 g/mol. The lowest BCUT2D eigenvalue weighted by atomic mass is 10.0. The molecule has 33 heavy (non-hydrogen) atoms. The van der Waals surface area contributed by atoms with E-state index >= 15 is 0 Å². The Morgan fingerprint density at radius 2 is 2.03 bits per heavy atom. The molecule has 0 N–H and O–H groups in total. The van der Waals surface area contributed by atoms with Crippen molar-refractivity contribution in [2.75, 3.05) is 33.4 Å². The van der Waals surface area contributed by atoms with Crippen LogP contribution in [0.3, 0.4) is 0 Å². The minimum atomic E-state index is -0.221. The second-order valence-corrected chi connectivity index (χ2v) is 9.54. The largest absolute Gasteiger partial charge is 0.497 e. The molecule has 3 heterocycles. The number of fused-ring (bicyclic) bond motifs is 1. The van der Waals surface area contributed by atoms with Gasteiger partial charge in [-0.05, 0) is 47.0 Å². The zero-order chi connectivity index (χ0) is 23.2. The number of amides is 2. The van der Waals surface area contributed by atoms with Crippen LogP contribution in [-0.4, -0.2) is 55.0 Å². The summed E-state index contributed by atoms with van der Waals surface area (Å²) in [5, 5.41) is 3.91. The maximum atomic E-state index is 13.4. The lowest BCUT2D eigenvalue weighted by Gasteiger charge is -2.37. The van der Waals surface area contributed by atoms with Crippen LogP contribution in [0, 0.1) is 0 Å². The van der Waals surface area contributed by atoms with Crippen molar-refractivity contribution in [3.05, 3.63) is 81.2 Å². The summed E-state index contributed by atoms with van der Waals surface area (Å²) in [6.07, 6.45) is 2.45. The molecule has 3 aromatic rings. The molecule has 0 bridgehead atoms. The first-order valence-electron chi connectivity index (χ1n) is 10.7. The molecule has 0 saturated carbocycles. The van der Waals surface area contributed by atoms with Gasteiger partial charge in [-0.15, -0.1) is 29.3 Å². The third-order valence-corrected chi connectivity index (χ3v) is 7.41. The summed E-state index contributed by atoms with van der Waals surface area (Å²) < 4.78 is 11.4. The van der Waals surface area contributed by atoms with Crippen LogP contribution in [0.2, 0.25) is 0 Å². The number of carbonyl (C=O) groups excluding carboxylic acids is 2. The van der Waals surface area contributed by atoms with E-state index in [1.807, 2.05) is 40.6 Å². The van der Waals surface area contributed by atoms with Crippen molar-refractivity contribution in [1.82, 2.24) is 9.80 Å². The number of ether oxygens (including phenoxy) is 2. The van der Waals surface area contributed by atoms with Gasteiger partial charge in [0.2, 0.25) is 5.91 Å². The van der Waals surface area contributed by atoms with Crippen LogP contribution in [-0.2, 0) is 11.2 Å². The average Bonchev–Trinajstić information content (AvgIpc) is 3.54. The van der Waals surface area contributed by atoms with Crippen LogP contribution >= 0.6 is 22.7 Å². The molecule has 0 saturated heterocycles. The summed E-state index contributed by atoms with van der Waals surface area (Å²) >= 11 is 3.08. The first kappa shape index (κ1) is 23.1. The minimum Gasteiger partial charge on any atom is -0.497 e. The molecule has 0 unspecified atom stereocenters. The minimum absolute atomic E-state index is 0.00210. The molecule has 0 radical (unpaired) electrons. The van der Waals surface area contributed by atoms with Crippen molar-refractivity contribution in [2.24, 2.45) is 0 Å². The molecule has 0 aliphatic carbocycles. The van der Waals surface area contributed by atoms with E-state index in [0.29, 0.717) is 36.1 Å². The Kier molecular flexibility index (Phi) is 7.47. The van der Waals surface area contributed by atoms with Crippen molar-refractivity contribution >= 4 is 34.5 Å². The Labute approximate surface area is 201 Å². The molecule has 1 aliphatic rings. The monoisotopic (exact) mass is 482 g/mol. The van der Waals surface area contributed by atoms with E-state index in [1.165, 1.54) is 16.2 Å². The van der Waals surface area contributed by atoms with Crippen LogP contribution in [0.4, 0.5) is 0 Å². The first-order chi connectivity index (χ1) is 16.1. The molecule has 2 amide bonds. The third-order valence-electron chi connectivity index (χ3n) is 5.56. The number of methoxy groups -OCH3 is 1. The van der Waals surface area contributed by atoms with Gasteiger partial charge < -0.3 is 19.3 Å². The summed E-state index contributed by atoms with van der Waals surface area (Å²) in [5.74, 6) is 1.14. The molecule has 4 rings (SSSR count). The summed E-state index contributed by atoms with van der Waals surface area (Å²) in [5.41, 5.74) is 1.11. The second-order valence-electron chi connectivity index (χ2n) is 7.59. The molecular formula is C25H26N2O4S2. The van der Waals surface area contributed by atoms with Gasteiger partial charge in [0.1, 0.15) is 24.7 Å². The Hall–Kier alpha value is -3.10. The topological polar surface area (TPSA) is 59.1 Å². The predicted molar refractivity (Wildman–Crippen MR) is 131 cm³/mol. The van der Waals surface area contributed by atoms with E-state index < -0.39 is 0 Å². The highest BCUT2D eigenvalue weighted by atomic mass is 32.1.